The van der Waals surface area contributed by atoms with Gasteiger partial charge in [0.05, 0.1) is 5.69 Å². The minimum absolute atomic E-state index is 0.0746. The monoisotopic (exact) mass is 381 g/mol. The lowest BCUT2D eigenvalue weighted by Gasteiger charge is -2.20. The number of fused-ring (bicyclic) bond motifs is 1. The predicted molar refractivity (Wildman–Crippen MR) is 101 cm³/mol. The van der Waals surface area contributed by atoms with Crippen molar-refractivity contribution in [3.05, 3.63) is 64.7 Å². The molecule has 4 rings (SSSR count). The number of ether oxygens (including phenoxy) is 1. The SMILES string of the molecule is Nc1nnc([C@@H](NC(=O)c2ccc3c(c2)OCC(=O)N3)c2ccccc2)s1. The van der Waals surface area contributed by atoms with E-state index >= 15 is 0 Å². The zero-order chi connectivity index (χ0) is 18.8. The molecule has 1 aliphatic rings. The number of nitrogens with one attached hydrogen (secondary N) is 2. The molecule has 0 bridgehead atoms. The van der Waals surface area contributed by atoms with Gasteiger partial charge in [-0.15, -0.1) is 10.2 Å². The van der Waals surface area contributed by atoms with E-state index in [1.54, 1.807) is 18.2 Å². The van der Waals surface area contributed by atoms with Crippen LogP contribution in [0.3, 0.4) is 0 Å². The zero-order valence-electron chi connectivity index (χ0n) is 14.0. The fourth-order valence-electron chi connectivity index (χ4n) is 2.73. The van der Waals surface area contributed by atoms with Crippen molar-refractivity contribution >= 4 is 34.0 Å². The summed E-state index contributed by atoms with van der Waals surface area (Å²) >= 11 is 1.22. The van der Waals surface area contributed by atoms with Gasteiger partial charge in [-0.3, -0.25) is 9.59 Å². The Bertz CT molecular complexity index is 1010. The molecule has 2 heterocycles. The maximum Gasteiger partial charge on any atom is 0.262 e. The predicted octanol–water partition coefficient (Wildman–Crippen LogP) is 1.97. The lowest BCUT2D eigenvalue weighted by atomic mass is 10.1. The van der Waals surface area contributed by atoms with Crippen molar-refractivity contribution in [1.29, 1.82) is 0 Å². The topological polar surface area (TPSA) is 119 Å². The molecule has 0 saturated carbocycles. The number of rotatable bonds is 4. The first-order chi connectivity index (χ1) is 13.1. The summed E-state index contributed by atoms with van der Waals surface area (Å²) in [5, 5.41) is 14.5. The van der Waals surface area contributed by atoms with Crippen LogP contribution in [0, 0.1) is 0 Å². The third kappa shape index (κ3) is 3.58. The minimum atomic E-state index is -0.481. The van der Waals surface area contributed by atoms with Crippen molar-refractivity contribution in [2.24, 2.45) is 0 Å². The Morgan fingerprint density at radius 2 is 2.04 bits per heavy atom. The van der Waals surface area contributed by atoms with Crippen molar-refractivity contribution in [2.45, 2.75) is 6.04 Å². The van der Waals surface area contributed by atoms with Gasteiger partial charge in [-0.25, -0.2) is 0 Å². The largest absolute Gasteiger partial charge is 0.482 e. The van der Waals surface area contributed by atoms with Crippen molar-refractivity contribution in [3.63, 3.8) is 0 Å². The number of anilines is 2. The molecule has 0 radical (unpaired) electrons. The van der Waals surface area contributed by atoms with Crippen LogP contribution in [-0.2, 0) is 4.79 Å². The first-order valence-electron chi connectivity index (χ1n) is 8.11. The maximum atomic E-state index is 12.8. The van der Waals surface area contributed by atoms with Crippen LogP contribution in [0.4, 0.5) is 10.8 Å². The van der Waals surface area contributed by atoms with Gasteiger partial charge >= 0.3 is 0 Å². The van der Waals surface area contributed by atoms with Crippen LogP contribution in [0.5, 0.6) is 5.75 Å². The molecule has 4 N–H and O–H groups in total. The Morgan fingerprint density at radius 3 is 2.78 bits per heavy atom. The molecule has 3 aromatic rings. The second-order valence-electron chi connectivity index (χ2n) is 5.84. The van der Waals surface area contributed by atoms with Gasteiger partial charge in [0.25, 0.3) is 11.8 Å². The first kappa shape index (κ1) is 17.0. The van der Waals surface area contributed by atoms with E-state index in [2.05, 4.69) is 20.8 Å². The molecule has 27 heavy (non-hydrogen) atoms. The second kappa shape index (κ2) is 7.04. The number of hydrogen-bond donors (Lipinski definition) is 3. The van der Waals surface area contributed by atoms with Crippen molar-refractivity contribution < 1.29 is 14.3 Å². The van der Waals surface area contributed by atoms with Crippen molar-refractivity contribution in [1.82, 2.24) is 15.5 Å². The summed E-state index contributed by atoms with van der Waals surface area (Å²) in [6.07, 6.45) is 0. The standard InChI is InChI=1S/C18H15N5O3S/c19-18-23-22-17(27-18)15(10-4-2-1-3-5-10)21-16(25)11-6-7-12-13(8-11)26-9-14(24)20-12/h1-8,15H,9H2,(H2,19,23)(H,20,24)(H,21,25)/t15-/m0/s1. The maximum absolute atomic E-state index is 12.8. The smallest absolute Gasteiger partial charge is 0.262 e. The van der Waals surface area contributed by atoms with Gasteiger partial charge < -0.3 is 21.1 Å². The molecule has 8 nitrogen and oxygen atoms in total. The van der Waals surface area contributed by atoms with Gasteiger partial charge in [0.1, 0.15) is 16.8 Å². The van der Waals surface area contributed by atoms with E-state index in [1.165, 1.54) is 11.3 Å². The summed E-state index contributed by atoms with van der Waals surface area (Å²) in [7, 11) is 0. The first-order valence-corrected chi connectivity index (χ1v) is 8.93. The molecular weight excluding hydrogens is 366 g/mol. The van der Waals surface area contributed by atoms with Crippen LogP contribution < -0.4 is 21.1 Å². The van der Waals surface area contributed by atoms with Crippen LogP contribution in [0.25, 0.3) is 0 Å². The van der Waals surface area contributed by atoms with Gasteiger partial charge in [0, 0.05) is 5.56 Å². The molecule has 9 heteroatoms. The minimum Gasteiger partial charge on any atom is -0.482 e. The average molecular weight is 381 g/mol. The van der Waals surface area contributed by atoms with E-state index in [0.717, 1.165) is 5.56 Å². The zero-order valence-corrected chi connectivity index (χ0v) is 14.8. The van der Waals surface area contributed by atoms with Crippen molar-refractivity contribution in [2.75, 3.05) is 17.7 Å². The molecule has 0 aliphatic carbocycles. The number of nitrogens with zero attached hydrogens (tertiary/aromatic N) is 2. The highest BCUT2D eigenvalue weighted by molar-refractivity contribution is 7.15. The highest BCUT2D eigenvalue weighted by Gasteiger charge is 2.23. The Hall–Kier alpha value is -3.46. The molecule has 0 saturated heterocycles. The van der Waals surface area contributed by atoms with Gasteiger partial charge in [-0.2, -0.15) is 0 Å². The number of nitrogen functional groups attached to an aromatic ring is 1. The fourth-order valence-corrected chi connectivity index (χ4v) is 3.42. The normalized spacial score (nSPS) is 13.9. The van der Waals surface area contributed by atoms with Crippen LogP contribution in [-0.4, -0.2) is 28.6 Å². The quantitative estimate of drug-likeness (QED) is 0.636. The molecule has 136 valence electrons. The molecule has 0 fully saturated rings. The highest BCUT2D eigenvalue weighted by atomic mass is 32.1. The lowest BCUT2D eigenvalue weighted by molar-refractivity contribution is -0.118. The fraction of sp³-hybridized carbons (Fsp3) is 0.111. The summed E-state index contributed by atoms with van der Waals surface area (Å²) in [4.78, 5) is 24.2. The summed E-state index contributed by atoms with van der Waals surface area (Å²) in [5.41, 5.74) is 7.52. The van der Waals surface area contributed by atoms with Gasteiger partial charge in [0.15, 0.2) is 6.61 Å². The van der Waals surface area contributed by atoms with Crippen LogP contribution in [0.2, 0.25) is 0 Å². The van der Waals surface area contributed by atoms with E-state index in [4.69, 9.17) is 10.5 Å². The molecule has 1 aromatic heterocycles. The third-order valence-corrected chi connectivity index (χ3v) is 4.81. The molecule has 2 aromatic carbocycles. The molecule has 0 unspecified atom stereocenters. The number of nitrogens with two attached hydrogens (primary N) is 1. The molecule has 1 aliphatic heterocycles. The number of carbonyl (C=O) groups excluding carboxylic acids is 2. The van der Waals surface area contributed by atoms with Crippen LogP contribution in [0.15, 0.2) is 48.5 Å². The summed E-state index contributed by atoms with van der Waals surface area (Å²) in [5.74, 6) is -0.0719. The molecule has 0 spiro atoms. The summed E-state index contributed by atoms with van der Waals surface area (Å²) in [6.45, 7) is -0.0746. The Labute approximate surface area is 158 Å². The lowest BCUT2D eigenvalue weighted by Crippen LogP contribution is -2.30. The van der Waals surface area contributed by atoms with Gasteiger partial charge in [-0.05, 0) is 23.8 Å². The Balaban J connectivity index is 1.61. The van der Waals surface area contributed by atoms with Crippen molar-refractivity contribution in [3.8, 4) is 5.75 Å². The molecule has 1 atom stereocenters. The molecule has 2 amide bonds. The van der Waals surface area contributed by atoms with Gasteiger partial charge in [-0.1, -0.05) is 41.7 Å². The number of carbonyl (C=O) groups is 2. The van der Waals surface area contributed by atoms with Crippen LogP contribution in [0.1, 0.15) is 27.0 Å². The Kier molecular flexibility index (Phi) is 4.43. The van der Waals surface area contributed by atoms with E-state index in [1.807, 2.05) is 30.3 Å². The number of aromatic nitrogens is 2. The van der Waals surface area contributed by atoms with E-state index < -0.39 is 6.04 Å². The molecular formula is C18H15N5O3S. The highest BCUT2D eigenvalue weighted by Crippen LogP contribution is 2.30. The van der Waals surface area contributed by atoms with E-state index in [9.17, 15) is 9.59 Å². The van der Waals surface area contributed by atoms with E-state index in [0.29, 0.717) is 27.1 Å². The van der Waals surface area contributed by atoms with Gasteiger partial charge in [0.2, 0.25) is 5.13 Å². The Morgan fingerprint density at radius 1 is 1.22 bits per heavy atom. The second-order valence-corrected chi connectivity index (χ2v) is 6.88. The number of amides is 2. The number of benzene rings is 2. The third-order valence-electron chi connectivity index (χ3n) is 3.99. The summed E-state index contributed by atoms with van der Waals surface area (Å²) in [6, 6.07) is 13.8. The summed E-state index contributed by atoms with van der Waals surface area (Å²) < 4.78 is 5.38. The average Bonchev–Trinajstić information content (AvgIpc) is 3.12. The number of hydrogen-bond acceptors (Lipinski definition) is 7. The van der Waals surface area contributed by atoms with Crippen LogP contribution >= 0.6 is 11.3 Å². The van der Waals surface area contributed by atoms with E-state index in [-0.39, 0.29) is 18.4 Å².